The normalized spacial score (nSPS) is 12.7. The minimum absolute atomic E-state index is 0.0814. The van der Waals surface area contributed by atoms with E-state index in [-0.39, 0.29) is 28.9 Å². The Bertz CT molecular complexity index is 1000. The first kappa shape index (κ1) is 18.6. The second-order valence-electron chi connectivity index (χ2n) is 7.51. The monoisotopic (exact) mass is 369 g/mol. The van der Waals surface area contributed by atoms with E-state index in [9.17, 15) is 19.3 Å². The van der Waals surface area contributed by atoms with Crippen LogP contribution in [-0.4, -0.2) is 15.8 Å². The van der Waals surface area contributed by atoms with Gasteiger partial charge in [0.25, 0.3) is 11.6 Å². The smallest absolute Gasteiger partial charge is 0.270 e. The molecule has 1 atom stereocenters. The van der Waals surface area contributed by atoms with Crippen LogP contribution in [0.15, 0.2) is 48.7 Å². The molecule has 0 saturated carbocycles. The van der Waals surface area contributed by atoms with Crippen LogP contribution in [0.4, 0.5) is 10.1 Å². The van der Waals surface area contributed by atoms with Crippen molar-refractivity contribution in [2.45, 2.75) is 26.8 Å². The minimum Gasteiger partial charge on any atom is -0.360 e. The Morgan fingerprint density at radius 2 is 1.85 bits per heavy atom. The number of halogens is 1. The van der Waals surface area contributed by atoms with Gasteiger partial charge in [-0.15, -0.1) is 0 Å². The predicted molar refractivity (Wildman–Crippen MR) is 101 cm³/mol. The zero-order chi connectivity index (χ0) is 19.8. The third-order valence-electron chi connectivity index (χ3n) is 4.47. The summed E-state index contributed by atoms with van der Waals surface area (Å²) in [6.07, 6.45) is 1.54. The molecule has 0 radical (unpaired) electrons. The lowest BCUT2D eigenvalue weighted by molar-refractivity contribution is -0.384. The topological polar surface area (TPSA) is 88.0 Å². The highest BCUT2D eigenvalue weighted by atomic mass is 19.1. The van der Waals surface area contributed by atoms with E-state index >= 15 is 0 Å². The van der Waals surface area contributed by atoms with Gasteiger partial charge in [0.1, 0.15) is 5.82 Å². The van der Waals surface area contributed by atoms with Gasteiger partial charge < -0.3 is 10.3 Å². The second kappa shape index (κ2) is 6.83. The van der Waals surface area contributed by atoms with Crippen LogP contribution in [0.3, 0.4) is 0 Å². The second-order valence-corrected chi connectivity index (χ2v) is 7.51. The fraction of sp³-hybridized carbons (Fsp3) is 0.250. The van der Waals surface area contributed by atoms with Gasteiger partial charge in [-0.3, -0.25) is 14.9 Å². The van der Waals surface area contributed by atoms with Gasteiger partial charge in [0.05, 0.1) is 16.5 Å². The molecule has 1 unspecified atom stereocenters. The first-order valence-corrected chi connectivity index (χ1v) is 8.48. The van der Waals surface area contributed by atoms with Crippen molar-refractivity contribution >= 4 is 22.5 Å². The molecule has 7 heteroatoms. The van der Waals surface area contributed by atoms with E-state index in [2.05, 4.69) is 10.3 Å². The molecule has 0 saturated heterocycles. The molecule has 140 valence electrons. The van der Waals surface area contributed by atoms with Crippen LogP contribution in [0.2, 0.25) is 0 Å². The number of benzene rings is 2. The highest BCUT2D eigenvalue weighted by Crippen LogP contribution is 2.33. The van der Waals surface area contributed by atoms with Crippen LogP contribution >= 0.6 is 0 Å². The molecule has 0 fully saturated rings. The molecule has 2 N–H and O–H groups in total. The average Bonchev–Trinajstić information content (AvgIpc) is 3.02. The Kier molecular flexibility index (Phi) is 4.70. The molecule has 0 aliphatic rings. The number of rotatable bonds is 4. The van der Waals surface area contributed by atoms with Crippen molar-refractivity contribution in [3.8, 4) is 0 Å². The molecule has 1 amide bonds. The summed E-state index contributed by atoms with van der Waals surface area (Å²) in [5.41, 5.74) is 1.33. The van der Waals surface area contributed by atoms with E-state index in [1.54, 1.807) is 18.2 Å². The van der Waals surface area contributed by atoms with Gasteiger partial charge in [-0.2, -0.15) is 0 Å². The third-order valence-corrected chi connectivity index (χ3v) is 4.47. The molecular formula is C20H20FN3O3. The summed E-state index contributed by atoms with van der Waals surface area (Å²) in [4.78, 5) is 26.4. The van der Waals surface area contributed by atoms with Gasteiger partial charge in [-0.05, 0) is 29.2 Å². The summed E-state index contributed by atoms with van der Waals surface area (Å²) in [7, 11) is 0. The number of fused-ring (bicyclic) bond motifs is 1. The molecule has 0 aliphatic heterocycles. The van der Waals surface area contributed by atoms with Crippen LogP contribution in [0.1, 0.15) is 42.7 Å². The van der Waals surface area contributed by atoms with Crippen LogP contribution in [0.5, 0.6) is 0 Å². The first-order chi connectivity index (χ1) is 12.7. The highest BCUT2D eigenvalue weighted by Gasteiger charge is 2.29. The van der Waals surface area contributed by atoms with Gasteiger partial charge in [0.15, 0.2) is 0 Å². The van der Waals surface area contributed by atoms with Crippen molar-refractivity contribution < 1.29 is 14.1 Å². The van der Waals surface area contributed by atoms with Crippen LogP contribution in [0.25, 0.3) is 10.9 Å². The Hall–Kier alpha value is -3.22. The van der Waals surface area contributed by atoms with E-state index in [4.69, 9.17) is 0 Å². The van der Waals surface area contributed by atoms with E-state index < -0.39 is 4.92 Å². The molecule has 1 aromatic heterocycles. The van der Waals surface area contributed by atoms with Crippen LogP contribution in [0, 0.1) is 21.3 Å². The number of nitrogens with one attached hydrogen (secondary N) is 2. The summed E-state index contributed by atoms with van der Waals surface area (Å²) in [6, 6.07) is 9.98. The standard InChI is InChI=1S/C20H20FN3O3/c1-20(2,3)18(12-4-6-13(21)7-5-12)23-19(25)16-11-22-17-9-8-14(24(26)27)10-15(16)17/h4-11,18,22H,1-3H3,(H,23,25). The first-order valence-electron chi connectivity index (χ1n) is 8.48. The van der Waals surface area contributed by atoms with E-state index in [1.807, 2.05) is 20.8 Å². The number of nitro benzene ring substituents is 1. The van der Waals surface area contributed by atoms with Gasteiger partial charge in [0, 0.05) is 29.2 Å². The van der Waals surface area contributed by atoms with E-state index in [0.717, 1.165) is 5.56 Å². The molecule has 0 aliphatic carbocycles. The molecule has 2 aromatic carbocycles. The summed E-state index contributed by atoms with van der Waals surface area (Å²) >= 11 is 0. The Balaban J connectivity index is 1.96. The van der Waals surface area contributed by atoms with Crippen LogP contribution in [-0.2, 0) is 0 Å². The van der Waals surface area contributed by atoms with Gasteiger partial charge in [-0.1, -0.05) is 32.9 Å². The number of hydrogen-bond donors (Lipinski definition) is 2. The van der Waals surface area contributed by atoms with E-state index in [1.165, 1.54) is 30.5 Å². The SMILES string of the molecule is CC(C)(C)C(NC(=O)c1c[nH]c2ccc([N+](=O)[O-])cc12)c1ccc(F)cc1. The Labute approximate surface area is 155 Å². The fourth-order valence-electron chi connectivity index (χ4n) is 3.07. The summed E-state index contributed by atoms with van der Waals surface area (Å²) in [5, 5.41) is 14.5. The molecule has 3 aromatic rings. The minimum atomic E-state index is -0.495. The molecule has 27 heavy (non-hydrogen) atoms. The fourth-order valence-corrected chi connectivity index (χ4v) is 3.07. The van der Waals surface area contributed by atoms with Gasteiger partial charge in [-0.25, -0.2) is 4.39 Å². The molecule has 6 nitrogen and oxygen atoms in total. The lowest BCUT2D eigenvalue weighted by Gasteiger charge is -2.32. The number of carbonyl (C=O) groups excluding carboxylic acids is 1. The van der Waals surface area contributed by atoms with Crippen molar-refractivity contribution in [2.75, 3.05) is 0 Å². The van der Waals surface area contributed by atoms with Crippen molar-refractivity contribution in [3.63, 3.8) is 0 Å². The molecule has 0 bridgehead atoms. The van der Waals surface area contributed by atoms with Crippen molar-refractivity contribution in [3.05, 3.63) is 75.7 Å². The number of nitrogens with zero attached hydrogens (tertiary/aromatic N) is 1. The third kappa shape index (κ3) is 3.81. The molecule has 0 spiro atoms. The summed E-state index contributed by atoms with van der Waals surface area (Å²) in [6.45, 7) is 5.92. The average molecular weight is 369 g/mol. The number of nitro groups is 1. The maximum absolute atomic E-state index is 13.3. The maximum Gasteiger partial charge on any atom is 0.270 e. The maximum atomic E-state index is 13.3. The number of hydrogen-bond acceptors (Lipinski definition) is 3. The molecular weight excluding hydrogens is 349 g/mol. The van der Waals surface area contributed by atoms with Crippen LogP contribution < -0.4 is 5.32 Å². The number of H-pyrrole nitrogens is 1. The predicted octanol–water partition coefficient (Wildman–Crippen LogP) is 4.73. The number of aromatic nitrogens is 1. The van der Waals surface area contributed by atoms with Gasteiger partial charge in [0.2, 0.25) is 0 Å². The molecule has 1 heterocycles. The van der Waals surface area contributed by atoms with Crippen molar-refractivity contribution in [2.24, 2.45) is 5.41 Å². The Morgan fingerprint density at radius 1 is 1.19 bits per heavy atom. The van der Waals surface area contributed by atoms with Crippen molar-refractivity contribution in [1.82, 2.24) is 10.3 Å². The lowest BCUT2D eigenvalue weighted by Crippen LogP contribution is -2.36. The lowest BCUT2D eigenvalue weighted by atomic mass is 9.82. The number of carbonyl (C=O) groups is 1. The zero-order valence-electron chi connectivity index (χ0n) is 15.2. The van der Waals surface area contributed by atoms with Crippen molar-refractivity contribution in [1.29, 1.82) is 0 Å². The molecule has 3 rings (SSSR count). The quantitative estimate of drug-likeness (QED) is 0.515. The van der Waals surface area contributed by atoms with E-state index in [0.29, 0.717) is 16.5 Å². The zero-order valence-corrected chi connectivity index (χ0v) is 15.2. The Morgan fingerprint density at radius 3 is 2.44 bits per heavy atom. The number of non-ortho nitro benzene ring substituents is 1. The highest BCUT2D eigenvalue weighted by molar-refractivity contribution is 6.07. The largest absolute Gasteiger partial charge is 0.360 e. The number of aromatic amines is 1. The summed E-state index contributed by atoms with van der Waals surface area (Å²) < 4.78 is 13.3. The number of amides is 1. The summed E-state index contributed by atoms with van der Waals surface area (Å²) in [5.74, 6) is -0.701. The van der Waals surface area contributed by atoms with Gasteiger partial charge >= 0.3 is 0 Å².